The van der Waals surface area contributed by atoms with Crippen molar-refractivity contribution < 1.29 is 32.2 Å². The summed E-state index contributed by atoms with van der Waals surface area (Å²) >= 11 is 0. The van der Waals surface area contributed by atoms with Gasteiger partial charge in [-0.05, 0) is 43.0 Å². The molecule has 7 nitrogen and oxygen atoms in total. The molecule has 0 aliphatic rings. The summed E-state index contributed by atoms with van der Waals surface area (Å²) < 4.78 is 54.1. The maximum absolute atomic E-state index is 14.9. The maximum Gasteiger partial charge on any atom is 0.427 e. The number of pyridine rings is 1. The zero-order valence-corrected chi connectivity index (χ0v) is 20.1. The van der Waals surface area contributed by atoms with Crippen molar-refractivity contribution in [3.8, 4) is 0 Å². The van der Waals surface area contributed by atoms with Crippen LogP contribution in [0.4, 0.5) is 18.0 Å². The number of benzene rings is 2. The third kappa shape index (κ3) is 5.22. The van der Waals surface area contributed by atoms with E-state index in [0.29, 0.717) is 29.3 Å². The second kappa shape index (κ2) is 10.8. The number of carbonyl (C=O) groups excluding carboxylic acids is 2. The van der Waals surface area contributed by atoms with Crippen LogP contribution < -0.4 is 10.9 Å². The van der Waals surface area contributed by atoms with E-state index in [4.69, 9.17) is 4.74 Å². The van der Waals surface area contributed by atoms with E-state index < -0.39 is 34.9 Å². The summed E-state index contributed by atoms with van der Waals surface area (Å²) in [6.07, 6.45) is -5.87. The number of aromatic nitrogens is 1. The smallest absolute Gasteiger partial charge is 0.427 e. The van der Waals surface area contributed by atoms with Gasteiger partial charge in [-0.2, -0.15) is 13.2 Å². The highest BCUT2D eigenvalue weighted by atomic mass is 19.4. The lowest BCUT2D eigenvalue weighted by molar-refractivity contribution is -0.214. The average molecular weight is 505 g/mol. The molecule has 36 heavy (non-hydrogen) atoms. The number of alkyl carbamates (subject to hydrolysis) is 1. The molecule has 0 radical (unpaired) electrons. The number of esters is 1. The molecule has 1 heterocycles. The van der Waals surface area contributed by atoms with Crippen LogP contribution in [0.5, 0.6) is 0 Å². The monoisotopic (exact) mass is 504 g/mol. The van der Waals surface area contributed by atoms with Crippen molar-refractivity contribution in [3.63, 3.8) is 0 Å². The minimum absolute atomic E-state index is 0.00499. The largest absolute Gasteiger partial charge is 0.467 e. The van der Waals surface area contributed by atoms with E-state index in [2.05, 4.69) is 9.72 Å². The van der Waals surface area contributed by atoms with Gasteiger partial charge in [0.25, 0.3) is 11.1 Å². The van der Waals surface area contributed by atoms with Gasteiger partial charge in [0.15, 0.2) is 0 Å². The minimum Gasteiger partial charge on any atom is -0.467 e. The first-order valence-corrected chi connectivity index (χ1v) is 11.3. The van der Waals surface area contributed by atoms with Crippen molar-refractivity contribution in [3.05, 3.63) is 81.1 Å². The Balaban J connectivity index is 2.24. The van der Waals surface area contributed by atoms with Crippen molar-refractivity contribution in [2.24, 2.45) is 0 Å². The van der Waals surface area contributed by atoms with Crippen LogP contribution in [0.2, 0.25) is 0 Å². The number of nitrogens with one attached hydrogen (secondary N) is 2. The van der Waals surface area contributed by atoms with E-state index in [-0.39, 0.29) is 18.6 Å². The van der Waals surface area contributed by atoms with Crippen LogP contribution in [0.15, 0.2) is 53.3 Å². The molecule has 10 heteroatoms. The van der Waals surface area contributed by atoms with Gasteiger partial charge in [-0.25, -0.2) is 9.59 Å². The van der Waals surface area contributed by atoms with Crippen LogP contribution in [-0.2, 0) is 32.8 Å². The van der Waals surface area contributed by atoms with Crippen molar-refractivity contribution in [1.29, 1.82) is 0 Å². The number of rotatable bonds is 8. The molecule has 0 saturated heterocycles. The lowest BCUT2D eigenvalue weighted by Crippen LogP contribution is -2.64. The van der Waals surface area contributed by atoms with E-state index in [1.165, 1.54) is 0 Å². The first-order chi connectivity index (χ1) is 17.0. The Kier molecular flexibility index (Phi) is 8.07. The summed E-state index contributed by atoms with van der Waals surface area (Å²) in [6, 6.07) is 13.2. The van der Waals surface area contributed by atoms with Gasteiger partial charge in [0.1, 0.15) is 6.61 Å². The predicted octanol–water partition coefficient (Wildman–Crippen LogP) is 5.04. The lowest BCUT2D eigenvalue weighted by Gasteiger charge is -2.34. The highest BCUT2D eigenvalue weighted by molar-refractivity contribution is 5.92. The molecule has 0 saturated carbocycles. The number of H-pyrrole nitrogens is 1. The molecule has 192 valence electrons. The number of unbranched alkanes of at least 4 members (excludes halogenated alkanes) is 1. The van der Waals surface area contributed by atoms with Gasteiger partial charge in [-0.15, -0.1) is 0 Å². The molecule has 1 atom stereocenters. The molecule has 2 aromatic carbocycles. The Hall–Kier alpha value is -3.82. The molecule has 0 bridgehead atoms. The number of carbonyl (C=O) groups is 2. The SMILES string of the molecule is CCCCc1c(C(NC(=O)OCc2ccccc2)(C(=O)OC)C(F)(F)F)c(=O)[nH]c2ccc(C)cc12. The van der Waals surface area contributed by atoms with Gasteiger partial charge in [-0.1, -0.05) is 55.3 Å². The Bertz CT molecular complexity index is 1300. The molecule has 3 aromatic rings. The summed E-state index contributed by atoms with van der Waals surface area (Å²) in [5, 5.41) is 2.01. The number of hydrogen-bond acceptors (Lipinski definition) is 5. The van der Waals surface area contributed by atoms with Crippen LogP contribution in [0.25, 0.3) is 10.9 Å². The molecule has 3 rings (SSSR count). The van der Waals surface area contributed by atoms with Crippen LogP contribution in [-0.4, -0.2) is 30.3 Å². The quantitative estimate of drug-likeness (QED) is 0.419. The van der Waals surface area contributed by atoms with Gasteiger partial charge in [0, 0.05) is 10.9 Å². The summed E-state index contributed by atoms with van der Waals surface area (Å²) in [5.74, 6) is -1.86. The number of amides is 1. The average Bonchev–Trinajstić information content (AvgIpc) is 2.84. The summed E-state index contributed by atoms with van der Waals surface area (Å²) in [7, 11) is 0.755. The zero-order chi connectivity index (χ0) is 26.5. The second-order valence-corrected chi connectivity index (χ2v) is 8.39. The third-order valence-corrected chi connectivity index (χ3v) is 5.85. The lowest BCUT2D eigenvalue weighted by atomic mass is 9.83. The minimum atomic E-state index is -5.45. The topological polar surface area (TPSA) is 97.5 Å². The predicted molar refractivity (Wildman–Crippen MR) is 127 cm³/mol. The number of aryl methyl sites for hydroxylation is 2. The second-order valence-electron chi connectivity index (χ2n) is 8.39. The van der Waals surface area contributed by atoms with Gasteiger partial charge in [0.2, 0.25) is 0 Å². The van der Waals surface area contributed by atoms with Gasteiger partial charge < -0.3 is 14.5 Å². The highest BCUT2D eigenvalue weighted by Crippen LogP contribution is 2.42. The fraction of sp³-hybridized carbons (Fsp3) is 0.346. The molecule has 0 spiro atoms. The Morgan fingerprint density at radius 3 is 2.39 bits per heavy atom. The third-order valence-electron chi connectivity index (χ3n) is 5.85. The fourth-order valence-electron chi connectivity index (χ4n) is 4.09. The van der Waals surface area contributed by atoms with Crippen molar-refractivity contribution in [2.75, 3.05) is 7.11 Å². The molecule has 2 N–H and O–H groups in total. The number of fused-ring (bicyclic) bond motifs is 1. The summed E-state index contributed by atoms with van der Waals surface area (Å²) in [6.45, 7) is 3.25. The van der Waals surface area contributed by atoms with E-state index >= 15 is 0 Å². The van der Waals surface area contributed by atoms with Crippen molar-refractivity contribution >= 4 is 23.0 Å². The van der Waals surface area contributed by atoms with Crippen molar-refractivity contribution in [2.45, 2.75) is 51.4 Å². The molecular formula is C26H27F3N2O5. The van der Waals surface area contributed by atoms with Gasteiger partial charge >= 0.3 is 18.2 Å². The van der Waals surface area contributed by atoms with E-state index in [1.54, 1.807) is 60.8 Å². The molecule has 1 unspecified atom stereocenters. The molecular weight excluding hydrogens is 477 g/mol. The summed E-state index contributed by atoms with van der Waals surface area (Å²) in [4.78, 5) is 41.2. The first-order valence-electron chi connectivity index (χ1n) is 11.3. The number of aromatic amines is 1. The van der Waals surface area contributed by atoms with Crippen LogP contribution >= 0.6 is 0 Å². The fourth-order valence-corrected chi connectivity index (χ4v) is 4.09. The normalized spacial score (nSPS) is 13.2. The van der Waals surface area contributed by atoms with Gasteiger partial charge in [0.05, 0.1) is 12.7 Å². The maximum atomic E-state index is 14.9. The first kappa shape index (κ1) is 26.8. The van der Waals surface area contributed by atoms with Crippen LogP contribution in [0.3, 0.4) is 0 Å². The number of methoxy groups -OCH3 is 1. The van der Waals surface area contributed by atoms with E-state index in [0.717, 1.165) is 12.7 Å². The van der Waals surface area contributed by atoms with E-state index in [9.17, 15) is 27.6 Å². The van der Waals surface area contributed by atoms with Crippen LogP contribution in [0, 0.1) is 6.92 Å². The molecule has 0 fully saturated rings. The number of ether oxygens (including phenoxy) is 2. The van der Waals surface area contributed by atoms with Crippen LogP contribution in [0.1, 0.15) is 42.0 Å². The zero-order valence-electron chi connectivity index (χ0n) is 20.1. The Morgan fingerprint density at radius 1 is 1.08 bits per heavy atom. The van der Waals surface area contributed by atoms with Gasteiger partial charge in [-0.3, -0.25) is 10.1 Å². The van der Waals surface area contributed by atoms with Crippen molar-refractivity contribution in [1.82, 2.24) is 10.3 Å². The number of alkyl halides is 3. The van der Waals surface area contributed by atoms with E-state index in [1.807, 2.05) is 6.92 Å². The Labute approximate surface area is 205 Å². The number of hydrogen-bond donors (Lipinski definition) is 2. The molecule has 1 amide bonds. The highest BCUT2D eigenvalue weighted by Gasteiger charge is 2.66. The summed E-state index contributed by atoms with van der Waals surface area (Å²) in [5.41, 5.74) is -4.33. The molecule has 0 aliphatic carbocycles. The number of halogens is 3. The Morgan fingerprint density at radius 2 is 1.78 bits per heavy atom. The molecule has 1 aromatic heterocycles. The standard InChI is InChI=1S/C26H27F3N2O5/c1-4-5-11-18-19-14-16(2)12-13-20(19)30-22(32)21(18)25(23(33)35-3,26(27,28)29)31-24(34)36-15-17-9-7-6-8-10-17/h6-10,12-14H,4-5,11,15H2,1-3H3,(H,30,32)(H,31,34). The molecule has 0 aliphatic heterocycles.